The number of aromatic nitrogens is 3. The topological polar surface area (TPSA) is 99.5 Å². The first kappa shape index (κ1) is 24.4. The molecule has 11 heteroatoms. The molecule has 2 aliphatic rings. The van der Waals surface area contributed by atoms with Gasteiger partial charge in [-0.25, -0.2) is 14.8 Å². The Morgan fingerprint density at radius 1 is 1.12 bits per heavy atom. The second kappa shape index (κ2) is 9.72. The number of halogens is 3. The molecule has 0 aliphatic carbocycles. The van der Waals surface area contributed by atoms with E-state index in [4.69, 9.17) is 9.90 Å². The number of carboxylic acids is 1. The summed E-state index contributed by atoms with van der Waals surface area (Å²) in [6.45, 7) is 6.37. The molecule has 0 aromatic carbocycles. The summed E-state index contributed by atoms with van der Waals surface area (Å²) in [6.07, 6.45) is 2.15. The van der Waals surface area contributed by atoms with Crippen LogP contribution in [0.1, 0.15) is 42.6 Å². The van der Waals surface area contributed by atoms with Crippen molar-refractivity contribution in [1.29, 1.82) is 0 Å². The third kappa shape index (κ3) is 5.96. The summed E-state index contributed by atoms with van der Waals surface area (Å²) in [6, 6.07) is 6.02. The van der Waals surface area contributed by atoms with Crippen molar-refractivity contribution in [3.8, 4) is 0 Å². The molecule has 0 radical (unpaired) electrons. The van der Waals surface area contributed by atoms with Crippen LogP contribution in [0.15, 0.2) is 30.6 Å². The number of hydrogen-bond donors (Lipinski definition) is 1. The Morgan fingerprint density at radius 2 is 1.73 bits per heavy atom. The van der Waals surface area contributed by atoms with E-state index in [1.54, 1.807) is 0 Å². The van der Waals surface area contributed by atoms with Crippen LogP contribution in [-0.2, 0) is 16.1 Å². The van der Waals surface area contributed by atoms with Crippen LogP contribution in [0, 0.1) is 13.8 Å². The number of carboxylic acid groups (broad SMARTS) is 1. The number of piperidine rings is 1. The van der Waals surface area contributed by atoms with Crippen molar-refractivity contribution in [2.24, 2.45) is 0 Å². The minimum atomic E-state index is -5.08. The van der Waals surface area contributed by atoms with Gasteiger partial charge < -0.3 is 14.9 Å². The predicted octanol–water partition coefficient (Wildman–Crippen LogP) is 3.28. The minimum absolute atomic E-state index is 0.0380. The highest BCUT2D eigenvalue weighted by Gasteiger charge is 2.47. The van der Waals surface area contributed by atoms with E-state index in [9.17, 15) is 18.0 Å². The largest absolute Gasteiger partial charge is 0.490 e. The third-order valence-electron chi connectivity index (χ3n) is 5.93. The lowest BCUT2D eigenvalue weighted by Gasteiger charge is -2.45. The highest BCUT2D eigenvalue weighted by atomic mass is 19.4. The molecule has 1 amide bonds. The molecule has 0 bridgehead atoms. The molecule has 1 spiro atoms. The molecule has 2 fully saturated rings. The monoisotopic (exact) mass is 465 g/mol. The average Bonchev–Trinajstić information content (AvgIpc) is 3.04. The van der Waals surface area contributed by atoms with Crippen LogP contribution < -0.4 is 4.90 Å². The maximum atomic E-state index is 12.6. The van der Waals surface area contributed by atoms with Gasteiger partial charge in [0.2, 0.25) is 11.9 Å². The van der Waals surface area contributed by atoms with Crippen LogP contribution in [0.5, 0.6) is 0 Å². The quantitative estimate of drug-likeness (QED) is 0.743. The SMILES string of the molecule is Cc1cnc(N2CCC3(CCC(=O)N3Cc3cccc(C)n3)CC2)nc1.O=C(O)C(F)(F)F. The van der Waals surface area contributed by atoms with Crippen LogP contribution in [0.4, 0.5) is 19.1 Å². The first-order valence-electron chi connectivity index (χ1n) is 10.6. The number of nitrogens with zero attached hydrogens (tertiary/aromatic N) is 5. The van der Waals surface area contributed by atoms with Gasteiger partial charge in [0.15, 0.2) is 0 Å². The fraction of sp³-hybridized carbons (Fsp3) is 0.500. The number of carbonyl (C=O) groups excluding carboxylic acids is 1. The van der Waals surface area contributed by atoms with Gasteiger partial charge in [0, 0.05) is 43.1 Å². The van der Waals surface area contributed by atoms with Crippen molar-refractivity contribution in [3.05, 3.63) is 47.5 Å². The fourth-order valence-corrected chi connectivity index (χ4v) is 4.17. The van der Waals surface area contributed by atoms with Crippen LogP contribution in [0.2, 0.25) is 0 Å². The van der Waals surface area contributed by atoms with Crippen LogP contribution in [-0.4, -0.2) is 61.6 Å². The predicted molar refractivity (Wildman–Crippen MR) is 113 cm³/mol. The molecule has 2 aromatic rings. The number of aryl methyl sites for hydroxylation is 2. The normalized spacial score (nSPS) is 17.7. The Labute approximate surface area is 189 Å². The van der Waals surface area contributed by atoms with Crippen molar-refractivity contribution >= 4 is 17.8 Å². The lowest BCUT2D eigenvalue weighted by Crippen LogP contribution is -2.53. The van der Waals surface area contributed by atoms with Gasteiger partial charge in [0.25, 0.3) is 0 Å². The fourth-order valence-electron chi connectivity index (χ4n) is 4.17. The number of alkyl halides is 3. The summed E-state index contributed by atoms with van der Waals surface area (Å²) < 4.78 is 31.7. The molecule has 2 aliphatic heterocycles. The van der Waals surface area contributed by atoms with Gasteiger partial charge in [-0.05, 0) is 50.8 Å². The Kier molecular flexibility index (Phi) is 7.19. The lowest BCUT2D eigenvalue weighted by atomic mass is 9.85. The van der Waals surface area contributed by atoms with E-state index in [1.807, 2.05) is 44.4 Å². The Hall–Kier alpha value is -3.24. The third-order valence-corrected chi connectivity index (χ3v) is 5.93. The maximum absolute atomic E-state index is 12.6. The van der Waals surface area contributed by atoms with Gasteiger partial charge in [-0.1, -0.05) is 6.07 Å². The summed E-state index contributed by atoms with van der Waals surface area (Å²) in [7, 11) is 0. The smallest absolute Gasteiger partial charge is 0.475 e. The van der Waals surface area contributed by atoms with Gasteiger partial charge >= 0.3 is 12.1 Å². The summed E-state index contributed by atoms with van der Waals surface area (Å²) in [5, 5.41) is 7.12. The second-order valence-electron chi connectivity index (χ2n) is 8.32. The van der Waals surface area contributed by atoms with Crippen molar-refractivity contribution in [2.45, 2.75) is 57.8 Å². The van der Waals surface area contributed by atoms with Gasteiger partial charge in [-0.3, -0.25) is 9.78 Å². The summed E-state index contributed by atoms with van der Waals surface area (Å²) >= 11 is 0. The van der Waals surface area contributed by atoms with Gasteiger partial charge in [0.05, 0.1) is 12.2 Å². The van der Waals surface area contributed by atoms with Crippen LogP contribution in [0.3, 0.4) is 0 Å². The molecule has 8 nitrogen and oxygen atoms in total. The molecule has 178 valence electrons. The number of aliphatic carboxylic acids is 1. The van der Waals surface area contributed by atoms with E-state index in [-0.39, 0.29) is 11.4 Å². The number of hydrogen-bond acceptors (Lipinski definition) is 6. The first-order valence-corrected chi connectivity index (χ1v) is 10.6. The molecule has 1 N–H and O–H groups in total. The summed E-state index contributed by atoms with van der Waals surface area (Å²) in [5.74, 6) is -1.71. The average molecular weight is 465 g/mol. The summed E-state index contributed by atoms with van der Waals surface area (Å²) in [5.41, 5.74) is 3.00. The number of likely N-dealkylation sites (tertiary alicyclic amines) is 1. The van der Waals surface area contributed by atoms with E-state index < -0.39 is 12.1 Å². The zero-order valence-electron chi connectivity index (χ0n) is 18.5. The number of rotatable bonds is 3. The van der Waals surface area contributed by atoms with E-state index >= 15 is 0 Å². The van der Waals surface area contributed by atoms with Crippen LogP contribution >= 0.6 is 0 Å². The molecular formula is C22H26F3N5O3. The summed E-state index contributed by atoms with van der Waals surface area (Å²) in [4.78, 5) is 39.3. The molecule has 4 rings (SSSR count). The Bertz CT molecular complexity index is 990. The first-order chi connectivity index (χ1) is 15.5. The molecule has 2 aromatic heterocycles. The van der Waals surface area contributed by atoms with Gasteiger partial charge in [-0.15, -0.1) is 0 Å². The zero-order chi connectivity index (χ0) is 24.2. The number of carbonyl (C=O) groups is 2. The molecule has 0 unspecified atom stereocenters. The van der Waals surface area contributed by atoms with Gasteiger partial charge in [-0.2, -0.15) is 13.2 Å². The Balaban J connectivity index is 0.000000383. The van der Waals surface area contributed by atoms with E-state index in [1.165, 1.54) is 0 Å². The number of pyridine rings is 1. The number of anilines is 1. The van der Waals surface area contributed by atoms with Crippen molar-refractivity contribution in [2.75, 3.05) is 18.0 Å². The van der Waals surface area contributed by atoms with Crippen LogP contribution in [0.25, 0.3) is 0 Å². The highest BCUT2D eigenvalue weighted by molar-refractivity contribution is 5.79. The molecule has 4 heterocycles. The Morgan fingerprint density at radius 3 is 2.27 bits per heavy atom. The standard InChI is InChI=1S/C20H25N5O.C2HF3O2/c1-15-12-21-19(22-13-15)24-10-8-20(9-11-24)7-6-18(26)25(20)14-17-5-3-4-16(2)23-17;3-2(4,5)1(6)7/h3-5,12-13H,6-11,14H2,1-2H3;(H,6,7). The van der Waals surface area contributed by atoms with E-state index in [0.717, 1.165) is 55.3 Å². The van der Waals surface area contributed by atoms with Crippen molar-refractivity contribution < 1.29 is 27.9 Å². The van der Waals surface area contributed by atoms with Crippen molar-refractivity contribution in [1.82, 2.24) is 19.9 Å². The molecule has 2 saturated heterocycles. The maximum Gasteiger partial charge on any atom is 0.490 e. The second-order valence-corrected chi connectivity index (χ2v) is 8.32. The van der Waals surface area contributed by atoms with Gasteiger partial charge in [0.1, 0.15) is 0 Å². The minimum Gasteiger partial charge on any atom is -0.475 e. The van der Waals surface area contributed by atoms with E-state index in [0.29, 0.717) is 13.0 Å². The van der Waals surface area contributed by atoms with E-state index in [2.05, 4.69) is 24.8 Å². The van der Waals surface area contributed by atoms with Crippen molar-refractivity contribution in [3.63, 3.8) is 0 Å². The number of amides is 1. The molecule has 33 heavy (non-hydrogen) atoms. The highest BCUT2D eigenvalue weighted by Crippen LogP contribution is 2.40. The lowest BCUT2D eigenvalue weighted by molar-refractivity contribution is -0.192. The molecule has 0 atom stereocenters. The molecular weight excluding hydrogens is 439 g/mol. The molecule has 0 saturated carbocycles. The zero-order valence-corrected chi connectivity index (χ0v) is 18.5.